The number of benzene rings is 2. The van der Waals surface area contributed by atoms with Gasteiger partial charge in [0.1, 0.15) is 9.84 Å². The predicted octanol–water partition coefficient (Wildman–Crippen LogP) is 4.09. The Balaban J connectivity index is 1.65. The maximum atomic E-state index is 11.7. The summed E-state index contributed by atoms with van der Waals surface area (Å²) < 4.78 is 23.5. The van der Waals surface area contributed by atoms with E-state index in [-0.39, 0.29) is 23.3 Å². The Labute approximate surface area is 158 Å². The molecule has 0 radical (unpaired) electrons. The molecule has 5 nitrogen and oxygen atoms in total. The zero-order valence-corrected chi connectivity index (χ0v) is 16.0. The van der Waals surface area contributed by atoms with E-state index in [1.165, 1.54) is 12.5 Å². The summed E-state index contributed by atoms with van der Waals surface area (Å²) in [5.41, 5.74) is 5.22. The lowest BCUT2D eigenvalue weighted by Gasteiger charge is -2.21. The minimum atomic E-state index is -2.86. The molecular weight excluding hydrogens is 360 g/mol. The number of aromatic amines is 1. The van der Waals surface area contributed by atoms with Crippen molar-refractivity contribution in [3.8, 4) is 11.1 Å². The highest BCUT2D eigenvalue weighted by Gasteiger charge is 2.26. The number of carbonyl (C=O) groups is 1. The highest BCUT2D eigenvalue weighted by molar-refractivity contribution is 7.91. The Morgan fingerprint density at radius 1 is 1.04 bits per heavy atom. The van der Waals surface area contributed by atoms with Crippen molar-refractivity contribution in [2.24, 2.45) is 0 Å². The molecule has 4 rings (SSSR count). The molecule has 3 aromatic rings. The Bertz CT molecular complexity index is 1080. The van der Waals surface area contributed by atoms with Crippen molar-refractivity contribution in [2.45, 2.75) is 25.7 Å². The Kier molecular flexibility index (Phi) is 4.52. The number of aromatic nitrogens is 1. The molecule has 0 saturated carbocycles. The third kappa shape index (κ3) is 3.76. The predicted molar refractivity (Wildman–Crippen MR) is 109 cm³/mol. The van der Waals surface area contributed by atoms with Gasteiger partial charge in [-0.3, -0.25) is 4.79 Å². The first-order valence-corrected chi connectivity index (χ1v) is 10.9. The minimum absolute atomic E-state index is 0.0874. The number of H-pyrrole nitrogens is 1. The highest BCUT2D eigenvalue weighted by atomic mass is 32.2. The smallest absolute Gasteiger partial charge is 0.221 e. The number of sulfone groups is 1. The maximum absolute atomic E-state index is 11.7. The molecule has 2 N–H and O–H groups in total. The number of anilines is 1. The molecular formula is C21H22N2O3S. The molecule has 6 heteroatoms. The number of hydrogen-bond donors (Lipinski definition) is 2. The van der Waals surface area contributed by atoms with E-state index < -0.39 is 9.84 Å². The Morgan fingerprint density at radius 2 is 1.70 bits per heavy atom. The lowest BCUT2D eigenvalue weighted by atomic mass is 9.92. The molecule has 0 bridgehead atoms. The number of fused-ring (bicyclic) bond motifs is 1. The normalized spacial score (nSPS) is 17.1. The monoisotopic (exact) mass is 382 g/mol. The van der Waals surface area contributed by atoms with E-state index in [4.69, 9.17) is 0 Å². The van der Waals surface area contributed by atoms with E-state index in [0.717, 1.165) is 27.7 Å². The van der Waals surface area contributed by atoms with Gasteiger partial charge in [-0.05, 0) is 59.7 Å². The van der Waals surface area contributed by atoms with Gasteiger partial charge in [0.15, 0.2) is 0 Å². The van der Waals surface area contributed by atoms with Gasteiger partial charge in [0.05, 0.1) is 11.5 Å². The fourth-order valence-corrected chi connectivity index (χ4v) is 5.30. The van der Waals surface area contributed by atoms with Crippen LogP contribution in [0, 0.1) is 0 Å². The number of nitrogens with one attached hydrogen (secondary N) is 2. The van der Waals surface area contributed by atoms with E-state index in [1.54, 1.807) is 0 Å². The van der Waals surface area contributed by atoms with Crippen LogP contribution in [0.15, 0.2) is 48.7 Å². The Morgan fingerprint density at radius 3 is 2.37 bits per heavy atom. The highest BCUT2D eigenvalue weighted by Crippen LogP contribution is 2.35. The van der Waals surface area contributed by atoms with Gasteiger partial charge in [-0.1, -0.05) is 18.2 Å². The molecule has 27 heavy (non-hydrogen) atoms. The lowest BCUT2D eigenvalue weighted by Crippen LogP contribution is -2.21. The van der Waals surface area contributed by atoms with E-state index in [9.17, 15) is 13.2 Å². The van der Waals surface area contributed by atoms with Crippen molar-refractivity contribution in [1.82, 2.24) is 4.98 Å². The van der Waals surface area contributed by atoms with Crippen LogP contribution in [0.4, 0.5) is 5.69 Å². The van der Waals surface area contributed by atoms with Crippen molar-refractivity contribution >= 4 is 32.3 Å². The van der Waals surface area contributed by atoms with Crippen molar-refractivity contribution in [3.05, 3.63) is 54.2 Å². The van der Waals surface area contributed by atoms with Gasteiger partial charge in [0.2, 0.25) is 5.91 Å². The van der Waals surface area contributed by atoms with Crippen LogP contribution < -0.4 is 5.32 Å². The van der Waals surface area contributed by atoms with Crippen molar-refractivity contribution in [2.75, 3.05) is 16.8 Å². The van der Waals surface area contributed by atoms with Gasteiger partial charge in [-0.2, -0.15) is 0 Å². The molecule has 2 heterocycles. The molecule has 2 aromatic carbocycles. The van der Waals surface area contributed by atoms with Crippen LogP contribution in [0.3, 0.4) is 0 Å². The summed E-state index contributed by atoms with van der Waals surface area (Å²) in [6, 6.07) is 14.1. The SMILES string of the molecule is CC(=O)Nc1ccc(-c2ccc3[nH]cc(C4CCS(=O)(=O)CC4)c3c2)cc1. The average Bonchev–Trinajstić information content (AvgIpc) is 3.05. The molecule has 1 saturated heterocycles. The van der Waals surface area contributed by atoms with Crippen molar-refractivity contribution < 1.29 is 13.2 Å². The number of hydrogen-bond acceptors (Lipinski definition) is 3. The van der Waals surface area contributed by atoms with Crippen LogP contribution >= 0.6 is 0 Å². The van der Waals surface area contributed by atoms with E-state index in [2.05, 4.69) is 28.5 Å². The van der Waals surface area contributed by atoms with E-state index in [0.29, 0.717) is 12.8 Å². The molecule has 1 aliphatic rings. The second kappa shape index (κ2) is 6.85. The number of carbonyl (C=O) groups excluding carboxylic acids is 1. The molecule has 1 fully saturated rings. The largest absolute Gasteiger partial charge is 0.361 e. The van der Waals surface area contributed by atoms with Crippen LogP contribution in [0.25, 0.3) is 22.0 Å². The topological polar surface area (TPSA) is 79.0 Å². The molecule has 1 aromatic heterocycles. The summed E-state index contributed by atoms with van der Waals surface area (Å²) in [5, 5.41) is 3.93. The molecule has 0 aliphatic carbocycles. The summed E-state index contributed by atoms with van der Waals surface area (Å²) in [6.45, 7) is 1.49. The van der Waals surface area contributed by atoms with Crippen LogP contribution in [-0.4, -0.2) is 30.8 Å². The molecule has 0 atom stereocenters. The van der Waals surface area contributed by atoms with E-state index >= 15 is 0 Å². The van der Waals surface area contributed by atoms with Gasteiger partial charge in [0.25, 0.3) is 0 Å². The number of amides is 1. The third-order valence-corrected chi connectivity index (χ3v) is 6.96. The lowest BCUT2D eigenvalue weighted by molar-refractivity contribution is -0.114. The molecule has 0 spiro atoms. The molecule has 0 unspecified atom stereocenters. The summed E-state index contributed by atoms with van der Waals surface area (Å²) in [5.74, 6) is 0.735. The summed E-state index contributed by atoms with van der Waals surface area (Å²) in [7, 11) is -2.86. The second-order valence-corrected chi connectivity index (χ2v) is 9.49. The first-order chi connectivity index (χ1) is 12.9. The molecule has 1 amide bonds. The second-order valence-electron chi connectivity index (χ2n) is 7.19. The van der Waals surface area contributed by atoms with Crippen LogP contribution in [0.2, 0.25) is 0 Å². The van der Waals surface area contributed by atoms with Crippen LogP contribution in [0.1, 0.15) is 31.2 Å². The summed E-state index contributed by atoms with van der Waals surface area (Å²) in [4.78, 5) is 14.5. The quantitative estimate of drug-likeness (QED) is 0.716. The summed E-state index contributed by atoms with van der Waals surface area (Å²) in [6.07, 6.45) is 3.40. The van der Waals surface area contributed by atoms with E-state index in [1.807, 2.05) is 30.5 Å². The van der Waals surface area contributed by atoms with Gasteiger partial charge in [-0.25, -0.2) is 8.42 Å². The third-order valence-electron chi connectivity index (χ3n) is 5.25. The number of rotatable bonds is 3. The standard InChI is InChI=1S/C21H22N2O3S/c1-14(24)23-18-5-2-15(3-6-18)17-4-7-21-19(12-17)20(13-22-21)16-8-10-27(25,26)11-9-16/h2-7,12-13,16,22H,8-11H2,1H3,(H,23,24). The maximum Gasteiger partial charge on any atom is 0.221 e. The van der Waals surface area contributed by atoms with Crippen LogP contribution in [-0.2, 0) is 14.6 Å². The first kappa shape index (κ1) is 17.8. The molecule has 1 aliphatic heterocycles. The zero-order chi connectivity index (χ0) is 19.0. The van der Waals surface area contributed by atoms with Crippen molar-refractivity contribution in [1.29, 1.82) is 0 Å². The fraction of sp³-hybridized carbons (Fsp3) is 0.286. The first-order valence-electron chi connectivity index (χ1n) is 9.11. The van der Waals surface area contributed by atoms with Crippen LogP contribution in [0.5, 0.6) is 0 Å². The van der Waals surface area contributed by atoms with Crippen molar-refractivity contribution in [3.63, 3.8) is 0 Å². The fourth-order valence-electron chi connectivity index (χ4n) is 3.81. The zero-order valence-electron chi connectivity index (χ0n) is 15.2. The molecule has 140 valence electrons. The van der Waals surface area contributed by atoms with Gasteiger partial charge in [0, 0.05) is 29.7 Å². The summed E-state index contributed by atoms with van der Waals surface area (Å²) >= 11 is 0. The van der Waals surface area contributed by atoms with Gasteiger partial charge < -0.3 is 10.3 Å². The Hall–Kier alpha value is -2.60. The van der Waals surface area contributed by atoms with Gasteiger partial charge in [-0.15, -0.1) is 0 Å². The average molecular weight is 382 g/mol. The minimum Gasteiger partial charge on any atom is -0.361 e. The van der Waals surface area contributed by atoms with Gasteiger partial charge >= 0.3 is 0 Å².